The van der Waals surface area contributed by atoms with E-state index in [0.29, 0.717) is 11.7 Å². The highest BCUT2D eigenvalue weighted by Crippen LogP contribution is 2.17. The number of hydrogen-bond donors (Lipinski definition) is 1. The molecule has 0 bridgehead atoms. The first-order valence-corrected chi connectivity index (χ1v) is 4.25. The summed E-state index contributed by atoms with van der Waals surface area (Å²) in [5.74, 6) is 0.953. The summed E-state index contributed by atoms with van der Waals surface area (Å²) in [7, 11) is 1.83. The first-order chi connectivity index (χ1) is 6.66. The van der Waals surface area contributed by atoms with Crippen LogP contribution in [-0.4, -0.2) is 19.9 Å². The third-order valence-corrected chi connectivity index (χ3v) is 1.80. The van der Waals surface area contributed by atoms with Crippen molar-refractivity contribution in [1.82, 2.24) is 19.9 Å². The van der Waals surface area contributed by atoms with Gasteiger partial charge in [0.15, 0.2) is 5.82 Å². The third-order valence-electron chi connectivity index (χ3n) is 1.80. The number of rotatable bonds is 2. The van der Waals surface area contributed by atoms with Crippen LogP contribution in [0.4, 0.5) is 0 Å². The van der Waals surface area contributed by atoms with Gasteiger partial charge in [0.2, 0.25) is 0 Å². The van der Waals surface area contributed by atoms with Crippen molar-refractivity contribution >= 4 is 0 Å². The second-order valence-electron chi connectivity index (χ2n) is 3.15. The quantitative estimate of drug-likeness (QED) is 0.750. The van der Waals surface area contributed by atoms with E-state index in [1.54, 1.807) is 24.0 Å². The van der Waals surface area contributed by atoms with E-state index < -0.39 is 0 Å². The van der Waals surface area contributed by atoms with E-state index >= 15 is 0 Å². The fourth-order valence-electron chi connectivity index (χ4n) is 1.07. The molecular weight excluding hydrogens is 182 g/mol. The van der Waals surface area contributed by atoms with Crippen LogP contribution in [0.3, 0.4) is 0 Å². The van der Waals surface area contributed by atoms with Gasteiger partial charge < -0.3 is 10.3 Å². The standard InChI is InChI=1S/C8H11N5O/c1-5(9)7-11-8(14-12-7)6-3-10-13(2)4-6/h3-5H,9H2,1-2H3. The lowest BCUT2D eigenvalue weighted by Gasteiger charge is -1.92. The summed E-state index contributed by atoms with van der Waals surface area (Å²) in [5, 5.41) is 7.76. The Morgan fingerprint density at radius 1 is 1.57 bits per heavy atom. The Morgan fingerprint density at radius 3 is 2.86 bits per heavy atom. The van der Waals surface area contributed by atoms with E-state index in [1.807, 2.05) is 7.05 Å². The number of aromatic nitrogens is 4. The molecule has 0 saturated carbocycles. The molecule has 74 valence electrons. The maximum absolute atomic E-state index is 5.60. The fourth-order valence-corrected chi connectivity index (χ4v) is 1.07. The summed E-state index contributed by atoms with van der Waals surface area (Å²) in [5.41, 5.74) is 6.40. The van der Waals surface area contributed by atoms with Crippen molar-refractivity contribution in [2.45, 2.75) is 13.0 Å². The van der Waals surface area contributed by atoms with Crippen LogP contribution in [-0.2, 0) is 7.05 Å². The second-order valence-corrected chi connectivity index (χ2v) is 3.15. The Hall–Kier alpha value is -1.69. The van der Waals surface area contributed by atoms with Gasteiger partial charge in [0.25, 0.3) is 5.89 Å². The lowest BCUT2D eigenvalue weighted by Crippen LogP contribution is -2.06. The monoisotopic (exact) mass is 193 g/mol. The van der Waals surface area contributed by atoms with Gasteiger partial charge in [-0.2, -0.15) is 10.1 Å². The maximum Gasteiger partial charge on any atom is 0.261 e. The Labute approximate surface area is 80.7 Å². The van der Waals surface area contributed by atoms with Crippen molar-refractivity contribution in [3.63, 3.8) is 0 Å². The Kier molecular flexibility index (Phi) is 2.05. The molecule has 1 unspecified atom stereocenters. The molecule has 6 nitrogen and oxygen atoms in total. The molecule has 6 heteroatoms. The number of nitrogens with zero attached hydrogens (tertiary/aromatic N) is 4. The first-order valence-electron chi connectivity index (χ1n) is 4.25. The van der Waals surface area contributed by atoms with Gasteiger partial charge in [-0.25, -0.2) is 0 Å². The third kappa shape index (κ3) is 1.51. The molecule has 0 spiro atoms. The molecular formula is C8H11N5O. The Balaban J connectivity index is 2.33. The van der Waals surface area contributed by atoms with Crippen LogP contribution < -0.4 is 5.73 Å². The van der Waals surface area contributed by atoms with Crippen molar-refractivity contribution in [1.29, 1.82) is 0 Å². The van der Waals surface area contributed by atoms with Gasteiger partial charge in [0.05, 0.1) is 17.8 Å². The van der Waals surface area contributed by atoms with Gasteiger partial charge in [0, 0.05) is 13.2 Å². The van der Waals surface area contributed by atoms with Crippen LogP contribution in [0.1, 0.15) is 18.8 Å². The molecule has 0 saturated heterocycles. The van der Waals surface area contributed by atoms with Crippen LogP contribution in [0.15, 0.2) is 16.9 Å². The average molecular weight is 193 g/mol. The lowest BCUT2D eigenvalue weighted by atomic mass is 10.3. The largest absolute Gasteiger partial charge is 0.334 e. The molecule has 1 atom stereocenters. The van der Waals surface area contributed by atoms with Gasteiger partial charge in [-0.1, -0.05) is 5.16 Å². The normalized spacial score (nSPS) is 13.1. The predicted octanol–water partition coefficient (Wildman–Crippen LogP) is 0.490. The zero-order valence-electron chi connectivity index (χ0n) is 8.01. The fraction of sp³-hybridized carbons (Fsp3) is 0.375. The van der Waals surface area contributed by atoms with E-state index in [4.69, 9.17) is 10.3 Å². The maximum atomic E-state index is 5.60. The van der Waals surface area contributed by atoms with Crippen LogP contribution in [0.2, 0.25) is 0 Å². The van der Waals surface area contributed by atoms with Crippen LogP contribution in [0.25, 0.3) is 11.5 Å². The number of nitrogens with two attached hydrogens (primary N) is 1. The average Bonchev–Trinajstić information content (AvgIpc) is 2.70. The summed E-state index contributed by atoms with van der Waals surface area (Å²) in [6.45, 7) is 1.80. The molecule has 0 aliphatic heterocycles. The smallest absolute Gasteiger partial charge is 0.261 e. The van der Waals surface area contributed by atoms with E-state index in [0.717, 1.165) is 5.56 Å². The van der Waals surface area contributed by atoms with Gasteiger partial charge in [-0.3, -0.25) is 4.68 Å². The van der Waals surface area contributed by atoms with E-state index in [1.165, 1.54) is 0 Å². The van der Waals surface area contributed by atoms with Gasteiger partial charge in [0.1, 0.15) is 0 Å². The molecule has 2 aromatic heterocycles. The molecule has 0 aliphatic rings. The van der Waals surface area contributed by atoms with Crippen LogP contribution in [0.5, 0.6) is 0 Å². The van der Waals surface area contributed by atoms with Crippen LogP contribution in [0, 0.1) is 0 Å². The Bertz CT molecular complexity index is 430. The molecule has 0 radical (unpaired) electrons. The highest BCUT2D eigenvalue weighted by molar-refractivity contribution is 5.49. The van der Waals surface area contributed by atoms with Gasteiger partial charge >= 0.3 is 0 Å². The summed E-state index contributed by atoms with van der Waals surface area (Å²) < 4.78 is 6.70. The van der Waals surface area contributed by atoms with E-state index in [-0.39, 0.29) is 6.04 Å². The summed E-state index contributed by atoms with van der Waals surface area (Å²) in [6, 6.07) is -0.218. The number of hydrogen-bond acceptors (Lipinski definition) is 5. The minimum Gasteiger partial charge on any atom is -0.334 e. The van der Waals surface area contributed by atoms with Crippen molar-refractivity contribution in [2.24, 2.45) is 12.8 Å². The topological polar surface area (TPSA) is 82.8 Å². The van der Waals surface area contributed by atoms with E-state index in [2.05, 4.69) is 15.2 Å². The summed E-state index contributed by atoms with van der Waals surface area (Å²) >= 11 is 0. The Morgan fingerprint density at radius 2 is 2.36 bits per heavy atom. The van der Waals surface area contributed by atoms with Gasteiger partial charge in [-0.05, 0) is 6.92 Å². The summed E-state index contributed by atoms with van der Waals surface area (Å²) in [4.78, 5) is 4.14. The van der Waals surface area contributed by atoms with Crippen molar-refractivity contribution in [3.8, 4) is 11.5 Å². The SMILES string of the molecule is CC(N)c1noc(-c2cnn(C)c2)n1. The molecule has 0 amide bonds. The zero-order chi connectivity index (χ0) is 10.1. The molecule has 0 aliphatic carbocycles. The minimum absolute atomic E-state index is 0.218. The first kappa shape index (κ1) is 8.89. The van der Waals surface area contributed by atoms with Crippen molar-refractivity contribution in [3.05, 3.63) is 18.2 Å². The zero-order valence-corrected chi connectivity index (χ0v) is 8.01. The highest BCUT2D eigenvalue weighted by Gasteiger charge is 2.12. The number of aryl methyl sites for hydroxylation is 1. The lowest BCUT2D eigenvalue weighted by molar-refractivity contribution is 0.418. The minimum atomic E-state index is -0.218. The molecule has 2 heterocycles. The van der Waals surface area contributed by atoms with Gasteiger partial charge in [-0.15, -0.1) is 0 Å². The predicted molar refractivity (Wildman–Crippen MR) is 49.1 cm³/mol. The second kappa shape index (κ2) is 3.22. The van der Waals surface area contributed by atoms with E-state index in [9.17, 15) is 0 Å². The molecule has 14 heavy (non-hydrogen) atoms. The summed E-state index contributed by atoms with van der Waals surface area (Å²) in [6.07, 6.45) is 3.47. The molecule has 2 N–H and O–H groups in total. The van der Waals surface area contributed by atoms with Crippen molar-refractivity contribution < 1.29 is 4.52 Å². The molecule has 0 aromatic carbocycles. The molecule has 0 fully saturated rings. The highest BCUT2D eigenvalue weighted by atomic mass is 16.5. The van der Waals surface area contributed by atoms with Crippen molar-refractivity contribution in [2.75, 3.05) is 0 Å². The molecule has 2 rings (SSSR count). The van der Waals surface area contributed by atoms with Crippen LogP contribution >= 0.6 is 0 Å². The molecule has 2 aromatic rings.